The van der Waals surface area contributed by atoms with Crippen LogP contribution in [0.25, 0.3) is 10.6 Å². The minimum atomic E-state index is -0.209. The van der Waals surface area contributed by atoms with Crippen molar-refractivity contribution >= 4 is 28.8 Å². The van der Waals surface area contributed by atoms with Gasteiger partial charge in [0.2, 0.25) is 5.76 Å². The minimum Gasteiger partial charge on any atom is -0.350 e. The van der Waals surface area contributed by atoms with Crippen LogP contribution in [0.15, 0.2) is 28.8 Å². The fourth-order valence-electron chi connectivity index (χ4n) is 3.42. The van der Waals surface area contributed by atoms with Crippen LogP contribution < -0.4 is 5.32 Å². The lowest BCUT2D eigenvalue weighted by atomic mass is 9.96. The molecular formula is C20H20ClN3O2S. The number of aromatic nitrogens is 2. The highest BCUT2D eigenvalue weighted by Gasteiger charge is 2.26. The number of halogens is 1. The van der Waals surface area contributed by atoms with Gasteiger partial charge in [0.15, 0.2) is 0 Å². The summed E-state index contributed by atoms with van der Waals surface area (Å²) in [5.74, 6) is 0.149. The number of benzene rings is 1. The van der Waals surface area contributed by atoms with Crippen LogP contribution in [-0.4, -0.2) is 16.0 Å². The number of hydrogen-bond acceptors (Lipinski definition) is 5. The van der Waals surface area contributed by atoms with Crippen LogP contribution in [0, 0.1) is 6.92 Å². The predicted octanol–water partition coefficient (Wildman–Crippen LogP) is 5.13. The lowest BCUT2D eigenvalue weighted by Crippen LogP contribution is -2.27. The third-order valence-corrected chi connectivity index (χ3v) is 6.47. The summed E-state index contributed by atoms with van der Waals surface area (Å²) in [7, 11) is 0. The monoisotopic (exact) mass is 401 g/mol. The number of amides is 1. The summed E-state index contributed by atoms with van der Waals surface area (Å²) in [4.78, 5) is 18.4. The maximum Gasteiger partial charge on any atom is 0.290 e. The minimum absolute atomic E-state index is 0.166. The summed E-state index contributed by atoms with van der Waals surface area (Å²) in [6, 6.07) is 7.44. The predicted molar refractivity (Wildman–Crippen MR) is 106 cm³/mol. The molecular weight excluding hydrogens is 382 g/mol. The number of hydrogen-bond donors (Lipinski definition) is 1. The number of fused-ring (bicyclic) bond motifs is 1. The summed E-state index contributed by atoms with van der Waals surface area (Å²) < 4.78 is 5.35. The molecule has 0 fully saturated rings. The molecule has 0 saturated carbocycles. The highest BCUT2D eigenvalue weighted by Crippen LogP contribution is 2.32. The Kier molecular flexibility index (Phi) is 5.02. The maximum absolute atomic E-state index is 12.7. The number of carbonyl (C=O) groups excluding carboxylic acids is 1. The molecule has 1 aliphatic carbocycles. The van der Waals surface area contributed by atoms with Crippen molar-refractivity contribution in [1.82, 2.24) is 15.5 Å². The Bertz CT molecular complexity index is 978. The van der Waals surface area contributed by atoms with Crippen LogP contribution in [0.1, 0.15) is 58.2 Å². The van der Waals surface area contributed by atoms with E-state index in [2.05, 4.69) is 15.5 Å². The van der Waals surface area contributed by atoms with Crippen molar-refractivity contribution in [3.8, 4) is 10.6 Å². The Hall–Kier alpha value is -2.18. The topological polar surface area (TPSA) is 68.0 Å². The van der Waals surface area contributed by atoms with Crippen LogP contribution in [0.5, 0.6) is 0 Å². The van der Waals surface area contributed by atoms with E-state index in [1.165, 1.54) is 0 Å². The Labute approximate surface area is 166 Å². The van der Waals surface area contributed by atoms with Crippen LogP contribution in [0.2, 0.25) is 5.02 Å². The molecule has 1 amide bonds. The molecule has 1 aromatic carbocycles. The van der Waals surface area contributed by atoms with Crippen molar-refractivity contribution < 1.29 is 9.32 Å². The number of nitrogens with one attached hydrogen (secondary N) is 1. The molecule has 0 aliphatic heterocycles. The van der Waals surface area contributed by atoms with Gasteiger partial charge in [0.25, 0.3) is 5.91 Å². The largest absolute Gasteiger partial charge is 0.350 e. The normalized spacial score (nSPS) is 14.6. The zero-order chi connectivity index (χ0) is 19.0. The first-order valence-corrected chi connectivity index (χ1v) is 10.2. The molecule has 5 nitrogen and oxygen atoms in total. The van der Waals surface area contributed by atoms with Gasteiger partial charge in [-0.2, -0.15) is 0 Å². The van der Waals surface area contributed by atoms with Crippen LogP contribution in [-0.2, 0) is 12.8 Å². The summed E-state index contributed by atoms with van der Waals surface area (Å²) >= 11 is 7.54. The first-order chi connectivity index (χ1) is 13.0. The quantitative estimate of drug-likeness (QED) is 0.658. The average Bonchev–Trinajstić information content (AvgIpc) is 3.26. The van der Waals surface area contributed by atoms with E-state index in [0.717, 1.165) is 58.1 Å². The molecule has 0 saturated heterocycles. The van der Waals surface area contributed by atoms with Gasteiger partial charge in [-0.1, -0.05) is 28.9 Å². The SMILES string of the molecule is Cc1nc(-c2ccc(Cl)cc2)sc1C(C)NC(=O)c1onc2c1CCCC2. The first-order valence-electron chi connectivity index (χ1n) is 9.04. The van der Waals surface area contributed by atoms with Gasteiger partial charge in [-0.3, -0.25) is 4.79 Å². The molecule has 0 radical (unpaired) electrons. The molecule has 2 heterocycles. The van der Waals surface area contributed by atoms with Gasteiger partial charge in [-0.15, -0.1) is 11.3 Å². The van der Waals surface area contributed by atoms with Crippen molar-refractivity contribution in [3.05, 3.63) is 56.9 Å². The van der Waals surface area contributed by atoms with Crippen molar-refractivity contribution in [2.24, 2.45) is 0 Å². The third-order valence-electron chi connectivity index (χ3n) is 4.83. The zero-order valence-electron chi connectivity index (χ0n) is 15.2. The van der Waals surface area contributed by atoms with Crippen molar-refractivity contribution in [2.45, 2.75) is 45.6 Å². The van der Waals surface area contributed by atoms with E-state index >= 15 is 0 Å². The van der Waals surface area contributed by atoms with Gasteiger partial charge in [0.1, 0.15) is 5.01 Å². The molecule has 140 valence electrons. The number of aryl methyl sites for hydroxylation is 2. The van der Waals surface area contributed by atoms with Crippen LogP contribution in [0.4, 0.5) is 0 Å². The standard InChI is InChI=1S/C20H20ClN3O2S/c1-11(22-19(25)17-15-5-3-4-6-16(15)24-26-17)18-12(2)23-20(27-18)13-7-9-14(21)10-8-13/h7-11H,3-6H2,1-2H3,(H,22,25). The van der Waals surface area contributed by atoms with E-state index in [9.17, 15) is 4.79 Å². The van der Waals surface area contributed by atoms with Gasteiger partial charge in [-0.25, -0.2) is 4.98 Å². The van der Waals surface area contributed by atoms with Crippen LogP contribution >= 0.6 is 22.9 Å². The molecule has 2 aromatic heterocycles. The number of rotatable bonds is 4. The fraction of sp³-hybridized carbons (Fsp3) is 0.350. The van der Waals surface area contributed by atoms with E-state index < -0.39 is 0 Å². The molecule has 0 spiro atoms. The summed E-state index contributed by atoms with van der Waals surface area (Å²) in [5, 5.41) is 8.72. The average molecular weight is 402 g/mol. The molecule has 1 N–H and O–H groups in total. The van der Waals surface area contributed by atoms with Crippen molar-refractivity contribution in [1.29, 1.82) is 0 Å². The van der Waals surface area contributed by atoms with Gasteiger partial charge in [0, 0.05) is 16.1 Å². The molecule has 0 bridgehead atoms. The third kappa shape index (κ3) is 3.64. The molecule has 27 heavy (non-hydrogen) atoms. The summed E-state index contributed by atoms with van der Waals surface area (Å²) in [6.07, 6.45) is 3.92. The molecule has 4 rings (SSSR count). The van der Waals surface area contributed by atoms with E-state index in [-0.39, 0.29) is 11.9 Å². The summed E-state index contributed by atoms with van der Waals surface area (Å²) in [6.45, 7) is 3.93. The van der Waals surface area contributed by atoms with Crippen LogP contribution in [0.3, 0.4) is 0 Å². The number of nitrogens with zero attached hydrogens (tertiary/aromatic N) is 2. The van der Waals surface area contributed by atoms with Crippen molar-refractivity contribution in [2.75, 3.05) is 0 Å². The first kappa shape index (κ1) is 18.2. The van der Waals surface area contributed by atoms with Gasteiger partial charge < -0.3 is 9.84 Å². The Morgan fingerprint density at radius 1 is 1.26 bits per heavy atom. The molecule has 7 heteroatoms. The van der Waals surface area contributed by atoms with E-state index in [1.807, 2.05) is 38.1 Å². The number of thiazole rings is 1. The second-order valence-corrected chi connectivity index (χ2v) is 8.28. The second kappa shape index (κ2) is 7.44. The van der Waals surface area contributed by atoms with Gasteiger partial charge in [0.05, 0.1) is 22.3 Å². The Balaban J connectivity index is 1.53. The second-order valence-electron chi connectivity index (χ2n) is 6.81. The number of carbonyl (C=O) groups is 1. The molecule has 3 aromatic rings. The van der Waals surface area contributed by atoms with E-state index in [4.69, 9.17) is 16.1 Å². The zero-order valence-corrected chi connectivity index (χ0v) is 16.8. The van der Waals surface area contributed by atoms with Gasteiger partial charge >= 0.3 is 0 Å². The summed E-state index contributed by atoms with van der Waals surface area (Å²) in [5.41, 5.74) is 3.82. The van der Waals surface area contributed by atoms with Crippen molar-refractivity contribution in [3.63, 3.8) is 0 Å². The maximum atomic E-state index is 12.7. The highest BCUT2D eigenvalue weighted by molar-refractivity contribution is 7.15. The molecule has 1 unspecified atom stereocenters. The Morgan fingerprint density at radius 3 is 2.78 bits per heavy atom. The molecule has 1 aliphatic rings. The lowest BCUT2D eigenvalue weighted by molar-refractivity contribution is 0.0902. The Morgan fingerprint density at radius 2 is 2.00 bits per heavy atom. The van der Waals surface area contributed by atoms with E-state index in [0.29, 0.717) is 10.8 Å². The molecule has 1 atom stereocenters. The lowest BCUT2D eigenvalue weighted by Gasteiger charge is -2.13. The van der Waals surface area contributed by atoms with E-state index in [1.54, 1.807) is 11.3 Å². The van der Waals surface area contributed by atoms with Gasteiger partial charge in [-0.05, 0) is 51.7 Å². The smallest absolute Gasteiger partial charge is 0.290 e. The highest BCUT2D eigenvalue weighted by atomic mass is 35.5. The fourth-order valence-corrected chi connectivity index (χ4v) is 4.62.